The van der Waals surface area contributed by atoms with Crippen molar-refractivity contribution >= 4 is 27.7 Å². The van der Waals surface area contributed by atoms with Crippen LogP contribution in [0, 0.1) is 0 Å². The van der Waals surface area contributed by atoms with E-state index < -0.39 is 0 Å². The third-order valence-corrected chi connectivity index (χ3v) is 2.57. The van der Waals surface area contributed by atoms with E-state index in [0.717, 1.165) is 4.47 Å². The van der Waals surface area contributed by atoms with E-state index in [1.807, 2.05) is 19.3 Å². The monoisotopic (exact) mass is 218 g/mol. The fourth-order valence-electron chi connectivity index (χ4n) is 0.772. The zero-order valence-electron chi connectivity index (χ0n) is 5.97. The van der Waals surface area contributed by atoms with Crippen molar-refractivity contribution in [2.75, 3.05) is 6.26 Å². The van der Waals surface area contributed by atoms with Crippen LogP contribution in [0.5, 0.6) is 0 Å². The molecule has 1 aromatic rings. The molecule has 0 saturated heterocycles. The average Bonchev–Trinajstić information content (AvgIpc) is 1.88. The van der Waals surface area contributed by atoms with Gasteiger partial charge in [0, 0.05) is 6.07 Å². The quantitative estimate of drug-likeness (QED) is 0.516. The van der Waals surface area contributed by atoms with Crippen molar-refractivity contribution in [2.24, 2.45) is 7.05 Å². The number of thioether (sulfide) groups is 1. The van der Waals surface area contributed by atoms with E-state index >= 15 is 0 Å². The predicted molar refractivity (Wildman–Crippen MR) is 47.1 cm³/mol. The van der Waals surface area contributed by atoms with Crippen LogP contribution in [-0.4, -0.2) is 6.26 Å². The highest BCUT2D eigenvalue weighted by atomic mass is 79.9. The van der Waals surface area contributed by atoms with Gasteiger partial charge in [0.15, 0.2) is 6.20 Å². The Labute approximate surface area is 73.6 Å². The molecule has 10 heavy (non-hydrogen) atoms. The minimum Gasteiger partial charge on any atom is -0.195 e. The van der Waals surface area contributed by atoms with Gasteiger partial charge in [0.1, 0.15) is 7.05 Å². The van der Waals surface area contributed by atoms with Crippen LogP contribution >= 0.6 is 27.7 Å². The molecular formula is C7H9BrNS+. The molecule has 0 aliphatic rings. The van der Waals surface area contributed by atoms with E-state index in [-0.39, 0.29) is 0 Å². The van der Waals surface area contributed by atoms with E-state index in [0.29, 0.717) is 0 Å². The van der Waals surface area contributed by atoms with Crippen LogP contribution in [0.3, 0.4) is 0 Å². The maximum atomic E-state index is 3.40. The van der Waals surface area contributed by atoms with E-state index in [4.69, 9.17) is 0 Å². The van der Waals surface area contributed by atoms with Crippen LogP contribution in [-0.2, 0) is 7.05 Å². The number of aryl methyl sites for hydroxylation is 1. The van der Waals surface area contributed by atoms with Gasteiger partial charge in [-0.1, -0.05) is 11.8 Å². The standard InChI is InChI=1S/C7H9BrNS/c1-9-5-6(8)3-4-7(9)10-2/h3-5H,1-2H3/q+1. The summed E-state index contributed by atoms with van der Waals surface area (Å²) in [6, 6.07) is 4.14. The zero-order valence-corrected chi connectivity index (χ0v) is 8.37. The largest absolute Gasteiger partial charge is 0.239 e. The molecule has 0 spiro atoms. The molecular weight excluding hydrogens is 210 g/mol. The lowest BCUT2D eigenvalue weighted by Crippen LogP contribution is -2.29. The lowest BCUT2D eigenvalue weighted by atomic mass is 10.5. The number of aromatic nitrogens is 1. The molecule has 0 radical (unpaired) electrons. The van der Waals surface area contributed by atoms with E-state index in [2.05, 4.69) is 32.8 Å². The molecule has 0 bridgehead atoms. The maximum absolute atomic E-state index is 3.40. The van der Waals surface area contributed by atoms with Crippen molar-refractivity contribution in [3.8, 4) is 0 Å². The van der Waals surface area contributed by atoms with Crippen LogP contribution < -0.4 is 4.57 Å². The summed E-state index contributed by atoms with van der Waals surface area (Å²) in [5, 5.41) is 1.27. The second kappa shape index (κ2) is 3.39. The van der Waals surface area contributed by atoms with E-state index in [9.17, 15) is 0 Å². The SMILES string of the molecule is CSc1ccc(Br)c[n+]1C. The highest BCUT2D eigenvalue weighted by molar-refractivity contribution is 9.10. The molecule has 0 N–H and O–H groups in total. The highest BCUT2D eigenvalue weighted by Crippen LogP contribution is 2.12. The fraction of sp³-hybridized carbons (Fsp3) is 0.286. The van der Waals surface area contributed by atoms with E-state index in [1.54, 1.807) is 11.8 Å². The minimum atomic E-state index is 1.12. The Morgan fingerprint density at radius 2 is 2.20 bits per heavy atom. The molecule has 0 atom stereocenters. The van der Waals surface area contributed by atoms with Gasteiger partial charge in [0.25, 0.3) is 0 Å². The second-order valence-corrected chi connectivity index (χ2v) is 3.74. The van der Waals surface area contributed by atoms with Gasteiger partial charge in [-0.05, 0) is 28.3 Å². The molecule has 0 aliphatic carbocycles. The van der Waals surface area contributed by atoms with Crippen LogP contribution in [0.4, 0.5) is 0 Å². The first-order valence-corrected chi connectivity index (χ1v) is 4.95. The Bertz CT molecular complexity index is 237. The predicted octanol–water partition coefficient (Wildman–Crippen LogP) is 2.00. The maximum Gasteiger partial charge on any atom is 0.239 e. The van der Waals surface area contributed by atoms with Crippen LogP contribution in [0.15, 0.2) is 27.8 Å². The Balaban J connectivity index is 3.07. The Morgan fingerprint density at radius 1 is 1.50 bits per heavy atom. The number of hydrogen-bond donors (Lipinski definition) is 0. The molecule has 1 aromatic heterocycles. The van der Waals surface area contributed by atoms with Crippen molar-refractivity contribution in [3.05, 3.63) is 22.8 Å². The van der Waals surface area contributed by atoms with Gasteiger partial charge < -0.3 is 0 Å². The molecule has 1 nitrogen and oxygen atoms in total. The topological polar surface area (TPSA) is 3.88 Å². The Morgan fingerprint density at radius 3 is 2.70 bits per heavy atom. The van der Waals surface area contributed by atoms with Crippen molar-refractivity contribution in [2.45, 2.75) is 5.03 Å². The first-order chi connectivity index (χ1) is 4.74. The molecule has 0 unspecified atom stereocenters. The number of hydrogen-bond acceptors (Lipinski definition) is 1. The van der Waals surface area contributed by atoms with Crippen molar-refractivity contribution in [1.29, 1.82) is 0 Å². The molecule has 0 aliphatic heterocycles. The molecule has 1 rings (SSSR count). The Hall–Kier alpha value is -0.0200. The third-order valence-electron chi connectivity index (χ3n) is 1.26. The van der Waals surface area contributed by atoms with Gasteiger partial charge in [0.2, 0.25) is 5.03 Å². The molecule has 54 valence electrons. The molecule has 3 heteroatoms. The fourth-order valence-corrected chi connectivity index (χ4v) is 1.76. The first-order valence-electron chi connectivity index (χ1n) is 2.93. The van der Waals surface area contributed by atoms with Crippen molar-refractivity contribution < 1.29 is 4.57 Å². The van der Waals surface area contributed by atoms with Gasteiger partial charge in [-0.15, -0.1) is 0 Å². The summed E-state index contributed by atoms with van der Waals surface area (Å²) < 4.78 is 3.21. The average molecular weight is 219 g/mol. The lowest BCUT2D eigenvalue weighted by Gasteiger charge is -1.93. The lowest BCUT2D eigenvalue weighted by molar-refractivity contribution is -0.709. The van der Waals surface area contributed by atoms with Gasteiger partial charge in [-0.3, -0.25) is 0 Å². The van der Waals surface area contributed by atoms with Gasteiger partial charge >= 0.3 is 0 Å². The zero-order chi connectivity index (χ0) is 7.56. The van der Waals surface area contributed by atoms with Gasteiger partial charge in [-0.2, -0.15) is 4.57 Å². The normalized spacial score (nSPS) is 9.90. The summed E-state index contributed by atoms with van der Waals surface area (Å²) in [5.74, 6) is 0. The summed E-state index contributed by atoms with van der Waals surface area (Å²) in [7, 11) is 2.04. The molecule has 1 heterocycles. The van der Waals surface area contributed by atoms with E-state index in [1.165, 1.54) is 5.03 Å². The summed E-state index contributed by atoms with van der Waals surface area (Å²) in [5.41, 5.74) is 0. The second-order valence-electron chi connectivity index (χ2n) is 2.00. The van der Waals surface area contributed by atoms with Crippen molar-refractivity contribution in [3.63, 3.8) is 0 Å². The molecule has 0 saturated carbocycles. The number of halogens is 1. The van der Waals surface area contributed by atoms with Gasteiger partial charge in [-0.25, -0.2) is 0 Å². The number of nitrogens with zero attached hydrogens (tertiary/aromatic N) is 1. The number of pyridine rings is 1. The molecule has 0 amide bonds. The Kier molecular flexibility index (Phi) is 2.74. The molecule has 0 fully saturated rings. The summed E-state index contributed by atoms with van der Waals surface area (Å²) in [6.45, 7) is 0. The van der Waals surface area contributed by atoms with Crippen molar-refractivity contribution in [1.82, 2.24) is 0 Å². The first kappa shape index (κ1) is 8.08. The van der Waals surface area contributed by atoms with Crippen LogP contribution in [0.25, 0.3) is 0 Å². The van der Waals surface area contributed by atoms with Crippen LogP contribution in [0.1, 0.15) is 0 Å². The third kappa shape index (κ3) is 1.73. The smallest absolute Gasteiger partial charge is 0.195 e. The van der Waals surface area contributed by atoms with Gasteiger partial charge in [0.05, 0.1) is 4.47 Å². The summed E-state index contributed by atoms with van der Waals surface area (Å²) in [4.78, 5) is 0. The summed E-state index contributed by atoms with van der Waals surface area (Å²) in [6.07, 6.45) is 4.12. The minimum absolute atomic E-state index is 1.12. The highest BCUT2D eigenvalue weighted by Gasteiger charge is 2.02. The number of rotatable bonds is 1. The van der Waals surface area contributed by atoms with Crippen LogP contribution in [0.2, 0.25) is 0 Å². The summed E-state index contributed by atoms with van der Waals surface area (Å²) >= 11 is 5.14. The molecule has 0 aromatic carbocycles.